The Labute approximate surface area is 171 Å². The van der Waals surface area contributed by atoms with Crippen LogP contribution < -0.4 is 5.73 Å². The molecule has 1 atom stereocenters. The van der Waals surface area contributed by atoms with Crippen LogP contribution >= 0.6 is 11.8 Å². The molecule has 146 valence electrons. The monoisotopic (exact) mass is 393 g/mol. The van der Waals surface area contributed by atoms with Crippen molar-refractivity contribution < 1.29 is 0 Å². The number of aromatic nitrogens is 3. The van der Waals surface area contributed by atoms with Gasteiger partial charge in [0.1, 0.15) is 5.54 Å². The molecule has 1 spiro atoms. The summed E-state index contributed by atoms with van der Waals surface area (Å²) in [5.74, 6) is 5.99. The number of hydrogen-bond donors (Lipinski definition) is 1. The second-order valence-corrected chi connectivity index (χ2v) is 9.61. The lowest BCUT2D eigenvalue weighted by atomic mass is 9.77. The molecule has 0 radical (unpaired) electrons. The predicted octanol–water partition coefficient (Wildman–Crippen LogP) is 4.22. The van der Waals surface area contributed by atoms with E-state index in [2.05, 4.69) is 29.8 Å². The first-order chi connectivity index (χ1) is 13.4. The average molecular weight is 394 g/mol. The van der Waals surface area contributed by atoms with Gasteiger partial charge in [0, 0.05) is 35.3 Å². The summed E-state index contributed by atoms with van der Waals surface area (Å²) in [6, 6.07) is 4.18. The first-order valence-electron chi connectivity index (χ1n) is 9.90. The van der Waals surface area contributed by atoms with Gasteiger partial charge in [-0.1, -0.05) is 36.9 Å². The van der Waals surface area contributed by atoms with Crippen LogP contribution in [0.2, 0.25) is 0 Å². The van der Waals surface area contributed by atoms with Crippen LogP contribution in [0.15, 0.2) is 29.5 Å². The maximum Gasteiger partial charge on any atom is 0.155 e. The Bertz CT molecular complexity index is 974. The highest BCUT2D eigenvalue weighted by Gasteiger charge is 2.46. The van der Waals surface area contributed by atoms with Crippen LogP contribution in [0.5, 0.6) is 0 Å². The minimum atomic E-state index is -0.360. The highest BCUT2D eigenvalue weighted by Crippen LogP contribution is 2.52. The van der Waals surface area contributed by atoms with Crippen molar-refractivity contribution in [3.8, 4) is 23.1 Å². The molecule has 3 heterocycles. The molecule has 1 unspecified atom stereocenters. The highest BCUT2D eigenvalue weighted by atomic mass is 32.2. The minimum Gasteiger partial charge on any atom is -0.378 e. The molecule has 0 bridgehead atoms. The van der Waals surface area contributed by atoms with Gasteiger partial charge >= 0.3 is 0 Å². The Kier molecular flexibility index (Phi) is 4.96. The minimum absolute atomic E-state index is 0.210. The number of nitrogens with zero attached hydrogens (tertiary/aromatic N) is 4. The molecule has 6 heteroatoms. The molecule has 1 aliphatic heterocycles. The Hall–Kier alpha value is -2.26. The molecule has 2 aromatic rings. The number of amidine groups is 1. The van der Waals surface area contributed by atoms with Crippen molar-refractivity contribution in [3.05, 3.63) is 35.8 Å². The van der Waals surface area contributed by atoms with Gasteiger partial charge in [-0.2, -0.15) is 5.10 Å². The van der Waals surface area contributed by atoms with Gasteiger partial charge < -0.3 is 5.73 Å². The maximum absolute atomic E-state index is 6.33. The summed E-state index contributed by atoms with van der Waals surface area (Å²) in [4.78, 5) is 9.23. The molecule has 0 saturated heterocycles. The molecule has 1 aliphatic carbocycles. The third-order valence-electron chi connectivity index (χ3n) is 5.84. The lowest BCUT2D eigenvalue weighted by Crippen LogP contribution is -2.43. The summed E-state index contributed by atoms with van der Waals surface area (Å²) >= 11 is 1.80. The fourth-order valence-electron chi connectivity index (χ4n) is 4.72. The van der Waals surface area contributed by atoms with Crippen LogP contribution in [0.25, 0.3) is 11.3 Å². The van der Waals surface area contributed by atoms with Crippen molar-refractivity contribution in [2.45, 2.75) is 62.7 Å². The zero-order valence-electron chi connectivity index (χ0n) is 16.8. The van der Waals surface area contributed by atoms with E-state index in [0.717, 1.165) is 28.9 Å². The summed E-state index contributed by atoms with van der Waals surface area (Å²) in [5.41, 5.74) is 9.84. The van der Waals surface area contributed by atoms with E-state index in [-0.39, 0.29) is 10.3 Å². The molecular formula is C22H27N5S. The molecule has 2 N–H and O–H groups in total. The smallest absolute Gasteiger partial charge is 0.155 e. The van der Waals surface area contributed by atoms with Crippen molar-refractivity contribution >= 4 is 16.9 Å². The van der Waals surface area contributed by atoms with E-state index in [0.29, 0.717) is 5.17 Å². The zero-order valence-corrected chi connectivity index (χ0v) is 17.6. The maximum atomic E-state index is 6.33. The molecular weight excluding hydrogens is 366 g/mol. The second kappa shape index (κ2) is 7.29. The van der Waals surface area contributed by atoms with Gasteiger partial charge in [0.25, 0.3) is 0 Å². The molecule has 1 fully saturated rings. The molecule has 4 rings (SSSR count). The van der Waals surface area contributed by atoms with Crippen molar-refractivity contribution in [1.82, 2.24) is 14.8 Å². The van der Waals surface area contributed by atoms with Crippen LogP contribution in [0, 0.1) is 11.8 Å². The lowest BCUT2D eigenvalue weighted by molar-refractivity contribution is 0.293. The van der Waals surface area contributed by atoms with Gasteiger partial charge in [0.2, 0.25) is 0 Å². The van der Waals surface area contributed by atoms with Crippen LogP contribution in [0.1, 0.15) is 63.6 Å². The number of aliphatic imine (C=N–C) groups is 1. The van der Waals surface area contributed by atoms with E-state index in [1.165, 1.54) is 32.1 Å². The fraction of sp³-hybridized carbons (Fsp3) is 0.500. The van der Waals surface area contributed by atoms with Crippen LogP contribution in [0.4, 0.5) is 0 Å². The van der Waals surface area contributed by atoms with Gasteiger partial charge in [0.15, 0.2) is 5.17 Å². The second-order valence-electron chi connectivity index (χ2n) is 8.12. The lowest BCUT2D eigenvalue weighted by Gasteiger charge is -2.45. The number of hydrogen-bond acceptors (Lipinski definition) is 5. The van der Waals surface area contributed by atoms with Gasteiger partial charge in [-0.25, -0.2) is 4.99 Å². The van der Waals surface area contributed by atoms with E-state index in [1.54, 1.807) is 18.0 Å². The largest absolute Gasteiger partial charge is 0.378 e. The average Bonchev–Trinajstić information content (AvgIpc) is 3.05. The van der Waals surface area contributed by atoms with Crippen LogP contribution in [0.3, 0.4) is 0 Å². The van der Waals surface area contributed by atoms with Gasteiger partial charge in [-0.15, -0.1) is 5.92 Å². The predicted molar refractivity (Wildman–Crippen MR) is 116 cm³/mol. The summed E-state index contributed by atoms with van der Waals surface area (Å²) < 4.78 is 2.16. The normalized spacial score (nSPS) is 23.8. The number of nitrogens with two attached hydrogens (primary N) is 1. The topological polar surface area (TPSA) is 69.1 Å². The molecule has 0 amide bonds. The van der Waals surface area contributed by atoms with E-state index in [1.807, 2.05) is 30.9 Å². The number of rotatable bonds is 2. The highest BCUT2D eigenvalue weighted by molar-refractivity contribution is 8.15. The molecule has 5 nitrogen and oxygen atoms in total. The van der Waals surface area contributed by atoms with Crippen molar-refractivity contribution in [2.24, 2.45) is 17.8 Å². The first kappa shape index (κ1) is 19.1. The summed E-state index contributed by atoms with van der Waals surface area (Å²) in [6.45, 7) is 4.03. The number of aryl methyl sites for hydroxylation is 1. The van der Waals surface area contributed by atoms with Crippen molar-refractivity contribution in [2.75, 3.05) is 0 Å². The molecule has 1 saturated carbocycles. The van der Waals surface area contributed by atoms with Gasteiger partial charge in [-0.05, 0) is 45.2 Å². The third-order valence-corrected chi connectivity index (χ3v) is 7.13. The van der Waals surface area contributed by atoms with E-state index in [9.17, 15) is 0 Å². The third kappa shape index (κ3) is 3.56. The van der Waals surface area contributed by atoms with E-state index in [4.69, 9.17) is 15.8 Å². The van der Waals surface area contributed by atoms with Crippen LogP contribution in [-0.2, 0) is 12.6 Å². The van der Waals surface area contributed by atoms with Crippen LogP contribution in [-0.4, -0.2) is 24.7 Å². The standard InChI is InChI=1S/C22H27N5S/c1-4-8-16-11-17(14-24-13-16)18-12-19(27(3)26-18)21(2)15-22(28-20(23)25-21)9-6-5-7-10-22/h11-14H,5-7,9-10,15H2,1-3H3,(H2,23,25). The van der Waals surface area contributed by atoms with Gasteiger partial charge in [-0.3, -0.25) is 9.67 Å². The Morgan fingerprint density at radius 3 is 2.71 bits per heavy atom. The number of thioether (sulfide) groups is 1. The van der Waals surface area contributed by atoms with Gasteiger partial charge in [0.05, 0.1) is 11.4 Å². The Morgan fingerprint density at radius 2 is 1.96 bits per heavy atom. The van der Waals surface area contributed by atoms with Crippen molar-refractivity contribution in [1.29, 1.82) is 0 Å². The molecule has 2 aliphatic rings. The summed E-state index contributed by atoms with van der Waals surface area (Å²) in [5, 5.41) is 5.48. The zero-order chi connectivity index (χ0) is 19.8. The van der Waals surface area contributed by atoms with E-state index < -0.39 is 0 Å². The number of pyridine rings is 1. The SMILES string of the molecule is CC#Cc1cncc(-c2cc(C3(C)CC4(CCCCC4)SC(N)=N3)n(C)n2)c1. The summed E-state index contributed by atoms with van der Waals surface area (Å²) in [7, 11) is 1.99. The van der Waals surface area contributed by atoms with E-state index >= 15 is 0 Å². The quantitative estimate of drug-likeness (QED) is 0.776. The molecule has 0 aromatic carbocycles. The Morgan fingerprint density at radius 1 is 1.18 bits per heavy atom. The Balaban J connectivity index is 1.72. The first-order valence-corrected chi connectivity index (χ1v) is 10.7. The molecule has 28 heavy (non-hydrogen) atoms. The fourth-order valence-corrected chi connectivity index (χ4v) is 6.26. The summed E-state index contributed by atoms with van der Waals surface area (Å²) in [6.07, 6.45) is 11.0. The van der Waals surface area contributed by atoms with Crippen molar-refractivity contribution in [3.63, 3.8) is 0 Å². The molecule has 2 aromatic heterocycles.